The van der Waals surface area contributed by atoms with Gasteiger partial charge in [0.2, 0.25) is 0 Å². The molecule has 2 aliphatic rings. The molecule has 2 saturated heterocycles. The molecule has 4 atom stereocenters. The Labute approximate surface area is 153 Å². The van der Waals surface area contributed by atoms with Gasteiger partial charge in [0.1, 0.15) is 5.78 Å². The van der Waals surface area contributed by atoms with E-state index in [4.69, 9.17) is 0 Å². The molecule has 0 amide bonds. The van der Waals surface area contributed by atoms with Gasteiger partial charge in [0.15, 0.2) is 0 Å². The monoisotopic (exact) mass is 423 g/mol. The second-order valence-electron chi connectivity index (χ2n) is 7.11. The summed E-state index contributed by atoms with van der Waals surface area (Å²) in [5, 5.41) is 0. The van der Waals surface area contributed by atoms with Gasteiger partial charge in [-0.2, -0.15) is 0 Å². The Hall–Kier alpha value is -0.680. The summed E-state index contributed by atoms with van der Waals surface area (Å²) in [4.78, 5) is 15.5. The summed E-state index contributed by atoms with van der Waals surface area (Å²) in [5.74, 6) is 1.03. The molecule has 1 aromatic rings. The molecule has 3 rings (SSSR count). The van der Waals surface area contributed by atoms with Crippen molar-refractivity contribution in [3.05, 3.63) is 45.6 Å². The van der Waals surface area contributed by atoms with E-state index in [-0.39, 0.29) is 5.92 Å². The van der Waals surface area contributed by atoms with Crippen LogP contribution in [0.2, 0.25) is 0 Å². The molecule has 0 aliphatic carbocycles. The number of carbonyl (C=O) groups is 1. The minimum atomic E-state index is 0.170. The zero-order valence-corrected chi connectivity index (χ0v) is 16.2. The third kappa shape index (κ3) is 3.55. The Bertz CT molecular complexity index is 580. The van der Waals surface area contributed by atoms with Crippen molar-refractivity contribution in [3.63, 3.8) is 0 Å². The number of allylic oxidation sites excluding steroid dienone is 1. The molecule has 3 heteroatoms. The second-order valence-corrected chi connectivity index (χ2v) is 7.83. The van der Waals surface area contributed by atoms with Crippen molar-refractivity contribution in [1.82, 2.24) is 4.90 Å². The number of rotatable bonds is 5. The Morgan fingerprint density at radius 1 is 1.30 bits per heavy atom. The highest BCUT2D eigenvalue weighted by Crippen LogP contribution is 2.47. The van der Waals surface area contributed by atoms with E-state index in [0.717, 1.165) is 12.8 Å². The van der Waals surface area contributed by atoms with E-state index < -0.39 is 0 Å². The molecule has 2 aliphatic heterocycles. The smallest absolute Gasteiger partial charge is 0.138 e. The molecule has 0 spiro atoms. The molecule has 0 aromatic heterocycles. The lowest BCUT2D eigenvalue weighted by Crippen LogP contribution is -2.48. The van der Waals surface area contributed by atoms with Gasteiger partial charge >= 0.3 is 0 Å². The predicted molar refractivity (Wildman–Crippen MR) is 104 cm³/mol. The fourth-order valence-electron chi connectivity index (χ4n) is 4.52. The number of piperidine rings is 1. The normalized spacial score (nSPS) is 30.9. The zero-order valence-electron chi connectivity index (χ0n) is 14.0. The number of fused-ring (bicyclic) bond motifs is 2. The van der Waals surface area contributed by atoms with E-state index >= 15 is 0 Å². The van der Waals surface area contributed by atoms with Crippen molar-refractivity contribution in [2.45, 2.75) is 57.0 Å². The molecule has 2 nitrogen and oxygen atoms in total. The number of hydrogen-bond donors (Lipinski definition) is 0. The zero-order chi connectivity index (χ0) is 16.4. The van der Waals surface area contributed by atoms with Crippen LogP contribution in [0.3, 0.4) is 0 Å². The number of aryl methyl sites for hydroxylation is 1. The Morgan fingerprint density at radius 2 is 2.04 bits per heavy atom. The summed E-state index contributed by atoms with van der Waals surface area (Å²) in [6.45, 7) is 2.13. The van der Waals surface area contributed by atoms with E-state index in [1.165, 1.54) is 24.0 Å². The highest BCUT2D eigenvalue weighted by Gasteiger charge is 2.48. The van der Waals surface area contributed by atoms with E-state index in [1.807, 2.05) is 4.08 Å². The van der Waals surface area contributed by atoms with Gasteiger partial charge in [-0.1, -0.05) is 58.5 Å². The number of ketones is 1. The summed E-state index contributed by atoms with van der Waals surface area (Å²) < 4.78 is 2.01. The third-order valence-electron chi connectivity index (χ3n) is 5.79. The van der Waals surface area contributed by atoms with Crippen LogP contribution in [0.4, 0.5) is 0 Å². The van der Waals surface area contributed by atoms with Crippen molar-refractivity contribution >= 4 is 28.4 Å². The van der Waals surface area contributed by atoms with Crippen LogP contribution in [0.15, 0.2) is 34.4 Å². The van der Waals surface area contributed by atoms with Crippen LogP contribution < -0.4 is 0 Å². The topological polar surface area (TPSA) is 20.3 Å². The maximum atomic E-state index is 13.0. The minimum absolute atomic E-state index is 0.170. The van der Waals surface area contributed by atoms with Crippen LogP contribution in [0.25, 0.3) is 0 Å². The largest absolute Gasteiger partial charge is 0.300 e. The molecule has 1 aromatic carbocycles. The van der Waals surface area contributed by atoms with Gasteiger partial charge in [-0.15, -0.1) is 0 Å². The first-order chi connectivity index (χ1) is 11.1. The van der Waals surface area contributed by atoms with Crippen LogP contribution >= 0.6 is 22.6 Å². The second kappa shape index (κ2) is 7.47. The lowest BCUT2D eigenvalue weighted by Gasteiger charge is -2.42. The quantitative estimate of drug-likeness (QED) is 0.631. The van der Waals surface area contributed by atoms with Crippen LogP contribution in [-0.4, -0.2) is 29.8 Å². The van der Waals surface area contributed by atoms with Crippen LogP contribution in [0, 0.1) is 12.8 Å². The third-order valence-corrected chi connectivity index (χ3v) is 6.30. The van der Waals surface area contributed by atoms with Crippen LogP contribution in [-0.2, 0) is 4.79 Å². The maximum Gasteiger partial charge on any atom is 0.138 e. The van der Waals surface area contributed by atoms with Gasteiger partial charge in [0.25, 0.3) is 0 Å². The highest BCUT2D eigenvalue weighted by atomic mass is 127. The average Bonchev–Trinajstić information content (AvgIpc) is 2.78. The summed E-state index contributed by atoms with van der Waals surface area (Å²) in [6.07, 6.45) is 7.22. The lowest BCUT2D eigenvalue weighted by atomic mass is 9.73. The molecular weight excluding hydrogens is 397 g/mol. The molecule has 23 heavy (non-hydrogen) atoms. The fraction of sp³-hybridized carbons (Fsp3) is 0.550. The molecule has 2 bridgehead atoms. The van der Waals surface area contributed by atoms with Gasteiger partial charge in [-0.3, -0.25) is 9.69 Å². The number of hydrogen-bond acceptors (Lipinski definition) is 2. The predicted octanol–water partition coefficient (Wildman–Crippen LogP) is 4.86. The summed E-state index contributed by atoms with van der Waals surface area (Å²) in [6, 6.07) is 9.97. The van der Waals surface area contributed by atoms with Crippen LogP contribution in [0.1, 0.15) is 49.1 Å². The summed E-state index contributed by atoms with van der Waals surface area (Å²) in [7, 11) is 2.22. The van der Waals surface area contributed by atoms with Gasteiger partial charge in [0.05, 0.1) is 0 Å². The Kier molecular flexibility index (Phi) is 5.57. The van der Waals surface area contributed by atoms with E-state index in [0.29, 0.717) is 30.2 Å². The van der Waals surface area contributed by atoms with Gasteiger partial charge < -0.3 is 0 Å². The average molecular weight is 423 g/mol. The van der Waals surface area contributed by atoms with Crippen molar-refractivity contribution in [2.75, 3.05) is 7.05 Å². The van der Waals surface area contributed by atoms with Crippen molar-refractivity contribution in [3.8, 4) is 0 Å². The number of halogens is 1. The summed E-state index contributed by atoms with van der Waals surface area (Å²) >= 11 is 2.23. The molecule has 0 saturated carbocycles. The van der Waals surface area contributed by atoms with E-state index in [2.05, 4.69) is 71.8 Å². The molecule has 0 N–H and O–H groups in total. The molecule has 2 fully saturated rings. The molecule has 2 heterocycles. The standard InChI is InChI=1S/C20H26INO/c1-14-6-8-15(9-7-14)17-13-16-10-11-18(22(16)2)20(17)19(23)5-3-4-12-21/h4,6-9,12,16-18,20H,3,5,10-11,13H2,1-2H3/b12-4+. The SMILES string of the molecule is Cc1ccc(C2CC3CCC(C2C(=O)CC/C=C/I)N3C)cc1. The number of Topliss-reactive ketones (excluding diaryl/α,β-unsaturated/α-hetero) is 1. The van der Waals surface area contributed by atoms with E-state index in [1.54, 1.807) is 0 Å². The Morgan fingerprint density at radius 3 is 2.74 bits per heavy atom. The van der Waals surface area contributed by atoms with Crippen molar-refractivity contribution in [1.29, 1.82) is 0 Å². The highest BCUT2D eigenvalue weighted by molar-refractivity contribution is 14.1. The number of carbonyl (C=O) groups excluding carboxylic acids is 1. The number of nitrogens with zero attached hydrogens (tertiary/aromatic N) is 1. The van der Waals surface area contributed by atoms with Gasteiger partial charge in [-0.05, 0) is 55.2 Å². The summed E-state index contributed by atoms with van der Waals surface area (Å²) in [5.41, 5.74) is 2.66. The number of benzene rings is 1. The molecule has 0 radical (unpaired) electrons. The van der Waals surface area contributed by atoms with E-state index in [9.17, 15) is 4.79 Å². The first-order valence-electron chi connectivity index (χ1n) is 8.68. The molecular formula is C20H26INO. The van der Waals surface area contributed by atoms with Gasteiger partial charge in [0, 0.05) is 24.4 Å². The minimum Gasteiger partial charge on any atom is -0.300 e. The molecule has 4 unspecified atom stereocenters. The van der Waals surface area contributed by atoms with Crippen molar-refractivity contribution < 1.29 is 4.79 Å². The lowest BCUT2D eigenvalue weighted by molar-refractivity contribution is -0.127. The first kappa shape index (κ1) is 17.2. The maximum absolute atomic E-state index is 13.0. The first-order valence-corrected chi connectivity index (χ1v) is 9.93. The Balaban J connectivity index is 1.86. The fourth-order valence-corrected chi connectivity index (χ4v) is 4.88. The van der Waals surface area contributed by atoms with Gasteiger partial charge in [-0.25, -0.2) is 0 Å². The molecule has 124 valence electrons. The van der Waals surface area contributed by atoms with Crippen LogP contribution in [0.5, 0.6) is 0 Å². The van der Waals surface area contributed by atoms with Crippen molar-refractivity contribution in [2.24, 2.45) is 5.92 Å².